The molecule has 1 heterocycles. The number of rotatable bonds is 4. The zero-order valence-corrected chi connectivity index (χ0v) is 14.8. The van der Waals surface area contributed by atoms with E-state index in [-0.39, 0.29) is 35.2 Å². The monoisotopic (exact) mass is 319 g/mol. The summed E-state index contributed by atoms with van der Waals surface area (Å²) >= 11 is 0. The van der Waals surface area contributed by atoms with Gasteiger partial charge in [0, 0.05) is 7.05 Å². The van der Waals surface area contributed by atoms with Crippen molar-refractivity contribution in [1.29, 1.82) is 0 Å². The molecule has 7 nitrogen and oxygen atoms in total. The Morgan fingerprint density at radius 3 is 2.33 bits per heavy atom. The summed E-state index contributed by atoms with van der Waals surface area (Å²) in [6.45, 7) is 1.67. The summed E-state index contributed by atoms with van der Waals surface area (Å²) in [5.74, 6) is -0.818. The van der Waals surface area contributed by atoms with Gasteiger partial charge in [0.25, 0.3) is 5.56 Å². The first-order valence-corrected chi connectivity index (χ1v) is 7.40. The summed E-state index contributed by atoms with van der Waals surface area (Å²) in [4.78, 5) is 12.3. The van der Waals surface area contributed by atoms with Crippen molar-refractivity contribution in [3.63, 3.8) is 0 Å². The fraction of sp³-hybridized carbons (Fsp3) is 0.250. The van der Waals surface area contributed by atoms with Crippen LogP contribution in [0.4, 0.5) is 5.69 Å². The maximum absolute atomic E-state index is 12.3. The number of nitrogens with zero attached hydrogens (tertiary/aromatic N) is 2. The number of anilines is 1. The quantitative estimate of drug-likeness (QED) is 0.493. The maximum atomic E-state index is 12.3. The third kappa shape index (κ3) is 3.98. The number of aromatic nitrogens is 2. The topological polar surface area (TPSA) is 96.2 Å². The molecule has 0 aliphatic carbocycles. The summed E-state index contributed by atoms with van der Waals surface area (Å²) in [6.07, 6.45) is 0. The molecule has 0 unspecified atom stereocenters. The van der Waals surface area contributed by atoms with Gasteiger partial charge in [0.15, 0.2) is 0 Å². The van der Waals surface area contributed by atoms with Crippen molar-refractivity contribution in [2.75, 3.05) is 11.2 Å². The molecule has 1 aromatic heterocycles. The molecule has 21 heavy (non-hydrogen) atoms. The Labute approximate surface area is 144 Å². The number of benzene rings is 1. The average molecular weight is 319 g/mol. The Balaban J connectivity index is 0.00000220. The van der Waals surface area contributed by atoms with Gasteiger partial charge in [-0.2, -0.15) is 0 Å². The molecule has 0 aliphatic rings. The zero-order valence-electron chi connectivity index (χ0n) is 12.0. The van der Waals surface area contributed by atoms with E-state index in [2.05, 4.69) is 5.32 Å². The van der Waals surface area contributed by atoms with Crippen molar-refractivity contribution in [2.45, 2.75) is 6.92 Å². The van der Waals surface area contributed by atoms with Crippen LogP contribution < -0.4 is 40.4 Å². The van der Waals surface area contributed by atoms with E-state index in [1.165, 1.54) is 4.68 Å². The zero-order chi connectivity index (χ0) is 14.9. The molecule has 2 aromatic rings. The van der Waals surface area contributed by atoms with Crippen LogP contribution >= 0.6 is 0 Å². The molecule has 0 aliphatic heterocycles. The second-order valence-corrected chi connectivity index (χ2v) is 5.72. The number of hydrogen-bond donors (Lipinski definition) is 1. The summed E-state index contributed by atoms with van der Waals surface area (Å²) in [7, 11) is -2.76. The van der Waals surface area contributed by atoms with E-state index in [1.807, 2.05) is 6.07 Å². The molecule has 1 aromatic carbocycles. The minimum atomic E-state index is -4.44. The van der Waals surface area contributed by atoms with Crippen LogP contribution in [0.5, 0.6) is 0 Å². The largest absolute Gasteiger partial charge is 1.00 e. The van der Waals surface area contributed by atoms with Gasteiger partial charge in [-0.3, -0.25) is 9.48 Å². The van der Waals surface area contributed by atoms with Gasteiger partial charge in [0.2, 0.25) is 0 Å². The number of nitrogens with one attached hydrogen (secondary N) is 1. The smallest absolute Gasteiger partial charge is 0.747 e. The van der Waals surface area contributed by atoms with Crippen molar-refractivity contribution in [3.05, 3.63) is 46.4 Å². The van der Waals surface area contributed by atoms with E-state index in [0.29, 0.717) is 11.4 Å². The van der Waals surface area contributed by atoms with Crippen LogP contribution in [0.15, 0.2) is 35.1 Å². The molecule has 0 fully saturated rings. The molecule has 0 amide bonds. The Morgan fingerprint density at radius 2 is 1.81 bits per heavy atom. The molecule has 9 heteroatoms. The molecule has 0 atom stereocenters. The normalized spacial score (nSPS) is 11.0. The first kappa shape index (κ1) is 18.0. The third-order valence-electron chi connectivity index (χ3n) is 2.98. The summed E-state index contributed by atoms with van der Waals surface area (Å²) in [5, 5.41) is 2.40. The summed E-state index contributed by atoms with van der Waals surface area (Å²) in [5.41, 5.74) is 0.902. The van der Waals surface area contributed by atoms with E-state index in [0.717, 1.165) is 0 Å². The second kappa shape index (κ2) is 6.80. The van der Waals surface area contributed by atoms with E-state index in [1.54, 1.807) is 42.9 Å². The second-order valence-electron chi connectivity index (χ2n) is 4.32. The van der Waals surface area contributed by atoms with Crippen molar-refractivity contribution in [2.24, 2.45) is 7.05 Å². The SMILES string of the molecule is Cc1c(NCS(=O)(=O)[O-])c(=O)n(-c2ccccc2)n1C.[Na+]. The first-order chi connectivity index (χ1) is 9.31. The van der Waals surface area contributed by atoms with Crippen LogP contribution in [0.1, 0.15) is 5.69 Å². The minimum absolute atomic E-state index is 0. The standard InChI is InChI=1S/C12H15N3O4S.Na/c1-9-11(13-8-20(17,18)19)12(16)15(14(9)2)10-6-4-3-5-7-10;/h3-7,13H,8H2,1-2H3,(H,17,18,19);/q;+1/p-1. The van der Waals surface area contributed by atoms with Gasteiger partial charge in [-0.15, -0.1) is 0 Å². The van der Waals surface area contributed by atoms with Crippen LogP contribution in [0.2, 0.25) is 0 Å². The van der Waals surface area contributed by atoms with E-state index in [9.17, 15) is 17.8 Å². The van der Waals surface area contributed by atoms with Crippen LogP contribution in [0.25, 0.3) is 5.69 Å². The molecule has 0 saturated heterocycles. The van der Waals surface area contributed by atoms with Gasteiger partial charge >= 0.3 is 29.6 Å². The molecule has 2 rings (SSSR count). The maximum Gasteiger partial charge on any atom is 1.00 e. The Morgan fingerprint density at radius 1 is 1.24 bits per heavy atom. The van der Waals surface area contributed by atoms with Crippen molar-refractivity contribution in [1.82, 2.24) is 9.36 Å². The molecule has 0 radical (unpaired) electrons. The first-order valence-electron chi connectivity index (χ1n) is 5.83. The predicted molar refractivity (Wildman–Crippen MR) is 73.9 cm³/mol. The molecule has 108 valence electrons. The number of hydrogen-bond acceptors (Lipinski definition) is 5. The Bertz CT molecular complexity index is 781. The summed E-state index contributed by atoms with van der Waals surface area (Å²) < 4.78 is 35.0. The molecular formula is C12H14N3NaO4S. The van der Waals surface area contributed by atoms with Crippen LogP contribution in [-0.2, 0) is 17.2 Å². The molecule has 0 bridgehead atoms. The van der Waals surface area contributed by atoms with Crippen molar-refractivity contribution in [3.8, 4) is 5.69 Å². The fourth-order valence-electron chi connectivity index (χ4n) is 1.93. The number of para-hydroxylation sites is 1. The van der Waals surface area contributed by atoms with E-state index < -0.39 is 21.6 Å². The van der Waals surface area contributed by atoms with Gasteiger partial charge in [-0.1, -0.05) is 18.2 Å². The average Bonchev–Trinajstić information content (AvgIpc) is 2.59. The van der Waals surface area contributed by atoms with Gasteiger partial charge in [0.1, 0.15) is 21.7 Å². The minimum Gasteiger partial charge on any atom is -0.747 e. The molecule has 0 spiro atoms. The van der Waals surface area contributed by atoms with E-state index in [4.69, 9.17) is 0 Å². The Hall–Kier alpha value is -1.06. The molecule has 1 N–H and O–H groups in total. The van der Waals surface area contributed by atoms with Crippen LogP contribution in [-0.4, -0.2) is 28.2 Å². The van der Waals surface area contributed by atoms with Gasteiger partial charge < -0.3 is 9.87 Å². The van der Waals surface area contributed by atoms with Gasteiger partial charge in [-0.25, -0.2) is 13.1 Å². The molecule has 0 saturated carbocycles. The predicted octanol–water partition coefficient (Wildman–Crippen LogP) is -2.60. The van der Waals surface area contributed by atoms with Crippen LogP contribution in [0.3, 0.4) is 0 Å². The van der Waals surface area contributed by atoms with Crippen LogP contribution in [0, 0.1) is 6.92 Å². The third-order valence-corrected chi connectivity index (χ3v) is 3.48. The molecular weight excluding hydrogens is 305 g/mol. The van der Waals surface area contributed by atoms with Crippen molar-refractivity contribution >= 4 is 15.8 Å². The van der Waals surface area contributed by atoms with Gasteiger partial charge in [0.05, 0.1) is 11.4 Å². The van der Waals surface area contributed by atoms with Crippen molar-refractivity contribution < 1.29 is 42.5 Å². The summed E-state index contributed by atoms with van der Waals surface area (Å²) in [6, 6.07) is 8.93. The van der Waals surface area contributed by atoms with Gasteiger partial charge in [-0.05, 0) is 19.1 Å². The fourth-order valence-corrected chi connectivity index (χ4v) is 2.25. The Kier molecular flexibility index (Phi) is 5.83. The van der Waals surface area contributed by atoms with E-state index >= 15 is 0 Å².